The monoisotopic (exact) mass is 427 g/mol. The number of aromatic nitrogens is 2. The van der Waals surface area contributed by atoms with Gasteiger partial charge in [0.1, 0.15) is 11.5 Å². The van der Waals surface area contributed by atoms with E-state index in [-0.39, 0.29) is 24.1 Å². The molecule has 2 aromatic rings. The zero-order chi connectivity index (χ0) is 22.1. The average Bonchev–Trinajstić information content (AvgIpc) is 2.81. The number of nitrogens with zero attached hydrogens (tertiary/aromatic N) is 5. The van der Waals surface area contributed by atoms with E-state index in [1.807, 2.05) is 11.0 Å². The fourth-order valence-electron chi connectivity index (χ4n) is 3.73. The number of hydrogen-bond donors (Lipinski definition) is 0. The average molecular weight is 428 g/mol. The predicted molar refractivity (Wildman–Crippen MR) is 117 cm³/mol. The largest absolute Gasteiger partial charge is 0.366 e. The number of piperazine rings is 1. The van der Waals surface area contributed by atoms with Crippen LogP contribution in [0.1, 0.15) is 43.1 Å². The molecule has 0 radical (unpaired) electrons. The molecule has 0 atom stereocenters. The molecule has 0 spiro atoms. The molecule has 2 heterocycles. The van der Waals surface area contributed by atoms with E-state index in [0.717, 1.165) is 19.3 Å². The van der Waals surface area contributed by atoms with Crippen molar-refractivity contribution in [2.24, 2.45) is 0 Å². The van der Waals surface area contributed by atoms with Crippen molar-refractivity contribution in [3.63, 3.8) is 0 Å². The van der Waals surface area contributed by atoms with Gasteiger partial charge in [-0.15, -0.1) is 0 Å². The Balaban J connectivity index is 1.53. The van der Waals surface area contributed by atoms with Gasteiger partial charge in [-0.05, 0) is 18.6 Å². The second kappa shape index (κ2) is 11.4. The standard InChI is InChI=1S/C23H30FN5O2/c1-2-3-6-12-29(23(31)20-18-25-10-11-26-20)13-9-22(30)28-16-14-27(15-17-28)21-8-5-4-7-19(21)24/h4-5,7-8,10-11,18H,2-3,6,9,12-17H2,1H3. The van der Waals surface area contributed by atoms with Crippen molar-refractivity contribution < 1.29 is 14.0 Å². The topological polar surface area (TPSA) is 69.6 Å². The van der Waals surface area contributed by atoms with Crippen LogP contribution >= 0.6 is 0 Å². The van der Waals surface area contributed by atoms with Gasteiger partial charge >= 0.3 is 0 Å². The first kappa shape index (κ1) is 22.7. The molecule has 1 aliphatic heterocycles. The van der Waals surface area contributed by atoms with E-state index in [4.69, 9.17) is 0 Å². The number of unbranched alkanes of at least 4 members (excludes halogenated alkanes) is 2. The van der Waals surface area contributed by atoms with E-state index in [1.54, 1.807) is 21.9 Å². The number of para-hydroxylation sites is 1. The Bertz CT molecular complexity index is 856. The second-order valence-electron chi connectivity index (χ2n) is 7.66. The van der Waals surface area contributed by atoms with Gasteiger partial charge in [-0.1, -0.05) is 31.9 Å². The van der Waals surface area contributed by atoms with Crippen LogP contribution < -0.4 is 4.90 Å². The summed E-state index contributed by atoms with van der Waals surface area (Å²) in [6.07, 6.45) is 7.71. The third-order valence-electron chi connectivity index (χ3n) is 5.52. The Morgan fingerprint density at radius 1 is 1.06 bits per heavy atom. The summed E-state index contributed by atoms with van der Waals surface area (Å²) in [4.78, 5) is 39.1. The highest BCUT2D eigenvalue weighted by Gasteiger charge is 2.24. The highest BCUT2D eigenvalue weighted by Crippen LogP contribution is 2.20. The van der Waals surface area contributed by atoms with Gasteiger partial charge in [0, 0.05) is 58.1 Å². The van der Waals surface area contributed by atoms with Gasteiger partial charge in [0.25, 0.3) is 5.91 Å². The number of carbonyl (C=O) groups excluding carboxylic acids is 2. The van der Waals surface area contributed by atoms with Crippen LogP contribution in [0, 0.1) is 5.82 Å². The minimum Gasteiger partial charge on any atom is -0.366 e. The molecule has 1 aromatic carbocycles. The maximum absolute atomic E-state index is 14.0. The number of rotatable bonds is 9. The fourth-order valence-corrected chi connectivity index (χ4v) is 3.73. The second-order valence-corrected chi connectivity index (χ2v) is 7.66. The van der Waals surface area contributed by atoms with Crippen molar-refractivity contribution in [3.8, 4) is 0 Å². The van der Waals surface area contributed by atoms with E-state index in [2.05, 4.69) is 16.9 Å². The highest BCUT2D eigenvalue weighted by molar-refractivity contribution is 5.92. The molecule has 1 saturated heterocycles. The van der Waals surface area contributed by atoms with Crippen molar-refractivity contribution in [1.82, 2.24) is 19.8 Å². The van der Waals surface area contributed by atoms with Gasteiger partial charge in [-0.2, -0.15) is 0 Å². The van der Waals surface area contributed by atoms with Gasteiger partial charge in [0.05, 0.1) is 11.9 Å². The first-order valence-corrected chi connectivity index (χ1v) is 10.9. The van der Waals surface area contributed by atoms with Crippen LogP contribution in [-0.2, 0) is 4.79 Å². The Hall–Kier alpha value is -3.03. The summed E-state index contributed by atoms with van der Waals surface area (Å²) in [6.45, 7) is 5.32. The molecule has 0 bridgehead atoms. The summed E-state index contributed by atoms with van der Waals surface area (Å²) in [7, 11) is 0. The molecule has 0 unspecified atom stereocenters. The molecule has 1 aromatic heterocycles. The van der Waals surface area contributed by atoms with Crippen LogP contribution in [0.15, 0.2) is 42.9 Å². The molecule has 1 aliphatic rings. The Morgan fingerprint density at radius 2 is 1.84 bits per heavy atom. The van der Waals surface area contributed by atoms with Crippen molar-refractivity contribution >= 4 is 17.5 Å². The maximum atomic E-state index is 14.0. The number of benzene rings is 1. The minimum absolute atomic E-state index is 0.0145. The Morgan fingerprint density at radius 3 is 2.52 bits per heavy atom. The number of carbonyl (C=O) groups is 2. The van der Waals surface area contributed by atoms with Crippen LogP contribution in [-0.4, -0.2) is 70.9 Å². The number of halogens is 1. The van der Waals surface area contributed by atoms with E-state index in [9.17, 15) is 14.0 Å². The zero-order valence-electron chi connectivity index (χ0n) is 18.0. The van der Waals surface area contributed by atoms with Gasteiger partial charge in [0.2, 0.25) is 5.91 Å². The third kappa shape index (κ3) is 6.23. The molecule has 3 rings (SSSR count). The molecule has 0 saturated carbocycles. The summed E-state index contributed by atoms with van der Waals surface area (Å²) >= 11 is 0. The lowest BCUT2D eigenvalue weighted by Gasteiger charge is -2.36. The van der Waals surface area contributed by atoms with Gasteiger partial charge in [-0.3, -0.25) is 14.6 Å². The van der Waals surface area contributed by atoms with Gasteiger partial charge in [-0.25, -0.2) is 9.37 Å². The lowest BCUT2D eigenvalue weighted by molar-refractivity contribution is -0.131. The van der Waals surface area contributed by atoms with Crippen LogP contribution in [0.2, 0.25) is 0 Å². The maximum Gasteiger partial charge on any atom is 0.274 e. The number of anilines is 1. The van der Waals surface area contributed by atoms with E-state index in [0.29, 0.717) is 50.6 Å². The van der Waals surface area contributed by atoms with Crippen LogP contribution in [0.3, 0.4) is 0 Å². The molecule has 31 heavy (non-hydrogen) atoms. The van der Waals surface area contributed by atoms with E-state index >= 15 is 0 Å². The summed E-state index contributed by atoms with van der Waals surface area (Å²) in [5.41, 5.74) is 0.871. The number of hydrogen-bond acceptors (Lipinski definition) is 5. The molecule has 0 N–H and O–H groups in total. The summed E-state index contributed by atoms with van der Waals surface area (Å²) in [5.74, 6) is -0.422. The van der Waals surface area contributed by atoms with Gasteiger partial charge < -0.3 is 14.7 Å². The van der Waals surface area contributed by atoms with Crippen LogP contribution in [0.5, 0.6) is 0 Å². The van der Waals surface area contributed by atoms with Crippen molar-refractivity contribution in [2.75, 3.05) is 44.2 Å². The lowest BCUT2D eigenvalue weighted by Crippen LogP contribution is -2.49. The van der Waals surface area contributed by atoms with E-state index < -0.39 is 0 Å². The third-order valence-corrected chi connectivity index (χ3v) is 5.52. The normalized spacial score (nSPS) is 13.9. The number of amides is 2. The van der Waals surface area contributed by atoms with Crippen molar-refractivity contribution in [1.29, 1.82) is 0 Å². The molecule has 0 aliphatic carbocycles. The molecule has 2 amide bonds. The van der Waals surface area contributed by atoms with Gasteiger partial charge in [0.15, 0.2) is 0 Å². The molecule has 7 nitrogen and oxygen atoms in total. The summed E-state index contributed by atoms with van der Waals surface area (Å²) in [5, 5.41) is 0. The lowest BCUT2D eigenvalue weighted by atomic mass is 10.2. The Labute approximate surface area is 182 Å². The van der Waals surface area contributed by atoms with Crippen LogP contribution in [0.4, 0.5) is 10.1 Å². The molecule has 8 heteroatoms. The minimum atomic E-state index is -0.243. The zero-order valence-corrected chi connectivity index (χ0v) is 18.0. The SMILES string of the molecule is CCCCCN(CCC(=O)N1CCN(c2ccccc2F)CC1)C(=O)c1cnccn1. The Kier molecular flexibility index (Phi) is 8.32. The van der Waals surface area contributed by atoms with Crippen LogP contribution in [0.25, 0.3) is 0 Å². The highest BCUT2D eigenvalue weighted by atomic mass is 19.1. The van der Waals surface area contributed by atoms with Crippen molar-refractivity contribution in [2.45, 2.75) is 32.6 Å². The molecular weight excluding hydrogens is 397 g/mol. The predicted octanol–water partition coefficient (Wildman–Crippen LogP) is 2.99. The summed E-state index contributed by atoms with van der Waals surface area (Å²) < 4.78 is 14.0. The molecule has 1 fully saturated rings. The summed E-state index contributed by atoms with van der Waals surface area (Å²) in [6, 6.07) is 6.71. The molecular formula is C23H30FN5O2. The van der Waals surface area contributed by atoms with Crippen molar-refractivity contribution in [3.05, 3.63) is 54.4 Å². The first-order chi connectivity index (χ1) is 15.1. The molecule has 166 valence electrons. The van der Waals surface area contributed by atoms with E-state index in [1.165, 1.54) is 24.7 Å². The quantitative estimate of drug-likeness (QED) is 0.576. The fraction of sp³-hybridized carbons (Fsp3) is 0.478. The smallest absolute Gasteiger partial charge is 0.274 e. The first-order valence-electron chi connectivity index (χ1n) is 10.9.